The van der Waals surface area contributed by atoms with Gasteiger partial charge in [-0.2, -0.15) is 11.8 Å². The second kappa shape index (κ2) is 5.60. The molecule has 0 saturated carbocycles. The molecule has 1 saturated heterocycles. The molecule has 2 atom stereocenters. The number of fused-ring (bicyclic) bond motifs is 1. The zero-order valence-electron chi connectivity index (χ0n) is 12.2. The quantitative estimate of drug-likeness (QED) is 0.876. The first-order valence-electron chi connectivity index (χ1n) is 7.21. The van der Waals surface area contributed by atoms with Gasteiger partial charge in [0.25, 0.3) is 5.91 Å². The van der Waals surface area contributed by atoms with Crippen molar-refractivity contribution in [1.82, 2.24) is 4.90 Å². The number of rotatable bonds is 1. The van der Waals surface area contributed by atoms with E-state index in [1.807, 2.05) is 40.9 Å². The molecular weight excluding hydrogens is 282 g/mol. The maximum absolute atomic E-state index is 12.7. The SMILES string of the molecule is CC1CN(C(=O)c2cc3ccccc3cc2O)CC(C)S1. The minimum absolute atomic E-state index is 0.0669. The Kier molecular flexibility index (Phi) is 3.81. The molecule has 21 heavy (non-hydrogen) atoms. The largest absolute Gasteiger partial charge is 0.507 e. The van der Waals surface area contributed by atoms with Gasteiger partial charge in [-0.15, -0.1) is 0 Å². The summed E-state index contributed by atoms with van der Waals surface area (Å²) in [7, 11) is 0. The number of hydrogen-bond acceptors (Lipinski definition) is 3. The fourth-order valence-electron chi connectivity index (χ4n) is 2.91. The number of carbonyl (C=O) groups is 1. The molecule has 4 heteroatoms. The summed E-state index contributed by atoms with van der Waals surface area (Å²) >= 11 is 1.91. The van der Waals surface area contributed by atoms with Crippen LogP contribution in [0.5, 0.6) is 5.75 Å². The molecule has 1 aliphatic rings. The molecule has 110 valence electrons. The van der Waals surface area contributed by atoms with Crippen molar-refractivity contribution in [3.05, 3.63) is 42.0 Å². The lowest BCUT2D eigenvalue weighted by atomic mass is 10.0. The molecule has 0 bridgehead atoms. The average Bonchev–Trinajstić information content (AvgIpc) is 2.44. The molecule has 2 aromatic rings. The van der Waals surface area contributed by atoms with Crippen LogP contribution in [0.25, 0.3) is 10.8 Å². The predicted molar refractivity (Wildman–Crippen MR) is 88.0 cm³/mol. The van der Waals surface area contributed by atoms with E-state index in [9.17, 15) is 9.90 Å². The summed E-state index contributed by atoms with van der Waals surface area (Å²) in [4.78, 5) is 14.6. The lowest BCUT2D eigenvalue weighted by Gasteiger charge is -2.34. The summed E-state index contributed by atoms with van der Waals surface area (Å²) in [5.41, 5.74) is 0.403. The lowest BCUT2D eigenvalue weighted by Crippen LogP contribution is -2.44. The van der Waals surface area contributed by atoms with Crippen LogP contribution in [0.2, 0.25) is 0 Å². The number of carbonyl (C=O) groups excluding carboxylic acids is 1. The molecule has 1 fully saturated rings. The molecule has 0 aliphatic carbocycles. The summed E-state index contributed by atoms with van der Waals surface area (Å²) in [6.07, 6.45) is 0. The molecule has 0 radical (unpaired) electrons. The van der Waals surface area contributed by atoms with Gasteiger partial charge in [-0.1, -0.05) is 38.1 Å². The summed E-state index contributed by atoms with van der Waals surface area (Å²) in [5.74, 6) is -0.00511. The van der Waals surface area contributed by atoms with Gasteiger partial charge >= 0.3 is 0 Å². The van der Waals surface area contributed by atoms with Crippen molar-refractivity contribution < 1.29 is 9.90 Å². The fraction of sp³-hybridized carbons (Fsp3) is 0.353. The van der Waals surface area contributed by atoms with Gasteiger partial charge in [0.2, 0.25) is 0 Å². The topological polar surface area (TPSA) is 40.5 Å². The van der Waals surface area contributed by atoms with Gasteiger partial charge < -0.3 is 10.0 Å². The zero-order valence-corrected chi connectivity index (χ0v) is 13.1. The third-order valence-corrected chi connectivity index (χ3v) is 5.03. The van der Waals surface area contributed by atoms with Gasteiger partial charge in [0.1, 0.15) is 5.75 Å². The summed E-state index contributed by atoms with van der Waals surface area (Å²) < 4.78 is 0. The summed E-state index contributed by atoms with van der Waals surface area (Å²) in [5, 5.41) is 13.0. The number of amides is 1. The maximum atomic E-state index is 12.7. The van der Waals surface area contributed by atoms with E-state index in [4.69, 9.17) is 0 Å². The molecule has 0 spiro atoms. The Balaban J connectivity index is 1.95. The highest BCUT2D eigenvalue weighted by Gasteiger charge is 2.27. The van der Waals surface area contributed by atoms with Crippen LogP contribution in [0.1, 0.15) is 24.2 Å². The van der Waals surface area contributed by atoms with Gasteiger partial charge in [0.15, 0.2) is 0 Å². The fourth-order valence-corrected chi connectivity index (χ4v) is 4.24. The molecule has 1 aliphatic heterocycles. The molecule has 0 aromatic heterocycles. The summed E-state index contributed by atoms with van der Waals surface area (Å²) in [6.45, 7) is 5.75. The molecular formula is C17H19NO2S. The first-order valence-corrected chi connectivity index (χ1v) is 8.15. The van der Waals surface area contributed by atoms with Crippen LogP contribution >= 0.6 is 11.8 Å². The Morgan fingerprint density at radius 3 is 2.33 bits per heavy atom. The van der Waals surface area contributed by atoms with Crippen molar-refractivity contribution in [3.8, 4) is 5.75 Å². The molecule has 1 amide bonds. The number of phenolic OH excluding ortho intramolecular Hbond substituents is 1. The van der Waals surface area contributed by atoms with Crippen molar-refractivity contribution >= 4 is 28.4 Å². The van der Waals surface area contributed by atoms with E-state index >= 15 is 0 Å². The van der Waals surface area contributed by atoms with Crippen LogP contribution in [0.4, 0.5) is 0 Å². The maximum Gasteiger partial charge on any atom is 0.257 e. The van der Waals surface area contributed by atoms with Crippen molar-refractivity contribution in [1.29, 1.82) is 0 Å². The number of benzene rings is 2. The number of thioether (sulfide) groups is 1. The van der Waals surface area contributed by atoms with Crippen molar-refractivity contribution in [2.75, 3.05) is 13.1 Å². The Labute approximate surface area is 129 Å². The minimum Gasteiger partial charge on any atom is -0.507 e. The number of hydrogen-bond donors (Lipinski definition) is 1. The van der Waals surface area contributed by atoms with E-state index in [0.29, 0.717) is 16.1 Å². The highest BCUT2D eigenvalue weighted by Crippen LogP contribution is 2.29. The standard InChI is InChI=1S/C17H19NO2S/c1-11-9-18(10-12(2)21-11)17(20)15-7-13-5-3-4-6-14(13)8-16(15)19/h3-8,11-12,19H,9-10H2,1-2H3. The second-order valence-electron chi connectivity index (χ2n) is 5.68. The van der Waals surface area contributed by atoms with E-state index in [0.717, 1.165) is 23.9 Å². The number of nitrogens with zero attached hydrogens (tertiary/aromatic N) is 1. The lowest BCUT2D eigenvalue weighted by molar-refractivity contribution is 0.0750. The Morgan fingerprint density at radius 2 is 1.71 bits per heavy atom. The van der Waals surface area contributed by atoms with E-state index in [-0.39, 0.29) is 11.7 Å². The monoisotopic (exact) mass is 301 g/mol. The average molecular weight is 301 g/mol. The van der Waals surface area contributed by atoms with Gasteiger partial charge in [0, 0.05) is 23.6 Å². The van der Waals surface area contributed by atoms with Crippen LogP contribution in [-0.2, 0) is 0 Å². The van der Waals surface area contributed by atoms with Crippen molar-refractivity contribution in [2.45, 2.75) is 24.3 Å². The minimum atomic E-state index is -0.0720. The second-order valence-corrected chi connectivity index (χ2v) is 7.57. The van der Waals surface area contributed by atoms with E-state index in [2.05, 4.69) is 13.8 Å². The Hall–Kier alpha value is -1.68. The third-order valence-electron chi connectivity index (χ3n) is 3.80. The Bertz CT molecular complexity index is 676. The number of phenols is 1. The van der Waals surface area contributed by atoms with Crippen LogP contribution in [0.3, 0.4) is 0 Å². The Morgan fingerprint density at radius 1 is 1.14 bits per heavy atom. The van der Waals surface area contributed by atoms with Gasteiger partial charge in [-0.3, -0.25) is 4.79 Å². The normalized spacial score (nSPS) is 22.5. The van der Waals surface area contributed by atoms with Crippen LogP contribution in [0.15, 0.2) is 36.4 Å². The smallest absolute Gasteiger partial charge is 0.257 e. The molecule has 2 aromatic carbocycles. The van der Waals surface area contributed by atoms with E-state index in [1.165, 1.54) is 0 Å². The zero-order chi connectivity index (χ0) is 15.0. The first-order chi connectivity index (χ1) is 10.0. The van der Waals surface area contributed by atoms with Crippen molar-refractivity contribution in [3.63, 3.8) is 0 Å². The third kappa shape index (κ3) is 2.86. The van der Waals surface area contributed by atoms with Crippen LogP contribution in [-0.4, -0.2) is 39.5 Å². The van der Waals surface area contributed by atoms with Gasteiger partial charge in [-0.05, 0) is 22.9 Å². The summed E-state index contributed by atoms with van der Waals surface area (Å²) in [6, 6.07) is 11.2. The molecule has 1 N–H and O–H groups in total. The van der Waals surface area contributed by atoms with Crippen molar-refractivity contribution in [2.24, 2.45) is 0 Å². The van der Waals surface area contributed by atoms with Crippen LogP contribution in [0, 0.1) is 0 Å². The molecule has 3 rings (SSSR count). The van der Waals surface area contributed by atoms with Crippen LogP contribution < -0.4 is 0 Å². The predicted octanol–water partition coefficient (Wildman–Crippen LogP) is 3.51. The highest BCUT2D eigenvalue weighted by molar-refractivity contribution is 8.00. The van der Waals surface area contributed by atoms with E-state index < -0.39 is 0 Å². The molecule has 1 heterocycles. The number of aromatic hydroxyl groups is 1. The molecule has 2 unspecified atom stereocenters. The first kappa shape index (κ1) is 14.3. The van der Waals surface area contributed by atoms with E-state index in [1.54, 1.807) is 12.1 Å². The highest BCUT2D eigenvalue weighted by atomic mass is 32.2. The van der Waals surface area contributed by atoms with Gasteiger partial charge in [-0.25, -0.2) is 0 Å². The molecule has 3 nitrogen and oxygen atoms in total. The van der Waals surface area contributed by atoms with Gasteiger partial charge in [0.05, 0.1) is 5.56 Å².